The molecule has 0 radical (unpaired) electrons. The molecule has 1 aromatic heterocycles. The van der Waals surface area contributed by atoms with Gasteiger partial charge in [-0.25, -0.2) is 0 Å². The van der Waals surface area contributed by atoms with Crippen LogP contribution in [0.25, 0.3) is 0 Å². The van der Waals surface area contributed by atoms with E-state index in [1.54, 1.807) is 0 Å². The average Bonchev–Trinajstić information content (AvgIpc) is 2.41. The van der Waals surface area contributed by atoms with Crippen molar-refractivity contribution in [3.05, 3.63) is 29.6 Å². The number of hydrogen-bond donors (Lipinski definition) is 2. The van der Waals surface area contributed by atoms with E-state index in [9.17, 15) is 0 Å². The highest BCUT2D eigenvalue weighted by Crippen LogP contribution is 2.31. The molecule has 94 valence electrons. The van der Waals surface area contributed by atoms with E-state index in [1.165, 1.54) is 11.1 Å². The molecule has 3 N–H and O–H groups in total. The summed E-state index contributed by atoms with van der Waals surface area (Å²) in [6.45, 7) is 3.84. The fourth-order valence-electron chi connectivity index (χ4n) is 2.57. The zero-order valence-corrected chi connectivity index (χ0v) is 10.4. The summed E-state index contributed by atoms with van der Waals surface area (Å²) in [5, 5.41) is 0. The smallest absolute Gasteiger partial charge is 0.0493 e. The Kier molecular flexibility index (Phi) is 4.48. The zero-order valence-electron chi connectivity index (χ0n) is 10.4. The molecule has 0 bridgehead atoms. The van der Waals surface area contributed by atoms with E-state index in [-0.39, 0.29) is 6.04 Å². The average molecular weight is 235 g/mol. The molecule has 1 atom stereocenters. The number of aromatic nitrogens is 1. The maximum Gasteiger partial charge on any atom is 0.0493 e. The van der Waals surface area contributed by atoms with Gasteiger partial charge in [0.2, 0.25) is 0 Å². The van der Waals surface area contributed by atoms with Gasteiger partial charge in [0, 0.05) is 31.6 Å². The molecule has 0 spiro atoms. The third kappa shape index (κ3) is 2.83. The van der Waals surface area contributed by atoms with Crippen molar-refractivity contribution < 1.29 is 4.74 Å². The fourth-order valence-corrected chi connectivity index (χ4v) is 2.57. The first-order chi connectivity index (χ1) is 8.36. The zero-order chi connectivity index (χ0) is 12.1. The molecule has 4 heteroatoms. The Labute approximate surface area is 103 Å². The minimum absolute atomic E-state index is 0.219. The van der Waals surface area contributed by atoms with Gasteiger partial charge in [-0.05, 0) is 42.4 Å². The van der Waals surface area contributed by atoms with Crippen LogP contribution in [0, 0.1) is 5.92 Å². The van der Waals surface area contributed by atoms with E-state index in [4.69, 9.17) is 10.6 Å². The minimum Gasteiger partial charge on any atom is -0.381 e. The van der Waals surface area contributed by atoms with Gasteiger partial charge in [0.1, 0.15) is 0 Å². The van der Waals surface area contributed by atoms with Gasteiger partial charge >= 0.3 is 0 Å². The van der Waals surface area contributed by atoms with Crippen molar-refractivity contribution in [2.75, 3.05) is 13.2 Å². The predicted molar refractivity (Wildman–Crippen MR) is 67.2 cm³/mol. The topological polar surface area (TPSA) is 60.2 Å². The van der Waals surface area contributed by atoms with Gasteiger partial charge < -0.3 is 4.74 Å². The third-order valence-corrected chi connectivity index (χ3v) is 3.57. The van der Waals surface area contributed by atoms with Crippen molar-refractivity contribution in [3.8, 4) is 0 Å². The first-order valence-corrected chi connectivity index (χ1v) is 6.33. The number of hydrogen-bond acceptors (Lipinski definition) is 4. The molecule has 2 rings (SSSR count). The van der Waals surface area contributed by atoms with E-state index in [1.807, 2.05) is 12.4 Å². The molecular formula is C13H21N3O. The molecule has 1 unspecified atom stereocenters. The van der Waals surface area contributed by atoms with E-state index >= 15 is 0 Å². The van der Waals surface area contributed by atoms with Gasteiger partial charge in [-0.1, -0.05) is 6.92 Å². The number of nitrogens with one attached hydrogen (secondary N) is 1. The minimum atomic E-state index is 0.219. The van der Waals surface area contributed by atoms with Crippen molar-refractivity contribution in [2.45, 2.75) is 32.2 Å². The first-order valence-electron chi connectivity index (χ1n) is 6.33. The summed E-state index contributed by atoms with van der Waals surface area (Å²) >= 11 is 0. The van der Waals surface area contributed by atoms with Crippen molar-refractivity contribution in [3.63, 3.8) is 0 Å². The molecule has 0 aliphatic carbocycles. The Morgan fingerprint density at radius 1 is 1.53 bits per heavy atom. The SMILES string of the molecule is CCc1cnccc1C(NN)C1CCOCC1. The highest BCUT2D eigenvalue weighted by molar-refractivity contribution is 5.27. The van der Waals surface area contributed by atoms with Crippen LogP contribution in [0.1, 0.15) is 36.9 Å². The van der Waals surface area contributed by atoms with Gasteiger partial charge in [-0.3, -0.25) is 16.3 Å². The molecule has 1 aliphatic heterocycles. The largest absolute Gasteiger partial charge is 0.381 e. The van der Waals surface area contributed by atoms with Gasteiger partial charge in [0.05, 0.1) is 0 Å². The highest BCUT2D eigenvalue weighted by Gasteiger charge is 2.25. The Hall–Kier alpha value is -0.970. The molecular weight excluding hydrogens is 214 g/mol. The van der Waals surface area contributed by atoms with E-state index < -0.39 is 0 Å². The number of ether oxygens (including phenoxy) is 1. The normalized spacial score (nSPS) is 19.2. The summed E-state index contributed by atoms with van der Waals surface area (Å²) in [6.07, 6.45) is 6.92. The van der Waals surface area contributed by atoms with Crippen LogP contribution < -0.4 is 11.3 Å². The number of aryl methyl sites for hydroxylation is 1. The molecule has 2 heterocycles. The number of nitrogens with two attached hydrogens (primary N) is 1. The molecule has 1 aliphatic rings. The second-order valence-corrected chi connectivity index (χ2v) is 4.52. The maximum absolute atomic E-state index is 5.75. The summed E-state index contributed by atoms with van der Waals surface area (Å²) in [6, 6.07) is 2.30. The van der Waals surface area contributed by atoms with E-state index in [2.05, 4.69) is 23.4 Å². The van der Waals surface area contributed by atoms with Crippen LogP contribution in [-0.4, -0.2) is 18.2 Å². The van der Waals surface area contributed by atoms with Crippen LogP contribution in [-0.2, 0) is 11.2 Å². The van der Waals surface area contributed by atoms with Crippen LogP contribution in [0.4, 0.5) is 0 Å². The quantitative estimate of drug-likeness (QED) is 0.614. The van der Waals surface area contributed by atoms with Crippen LogP contribution in [0.15, 0.2) is 18.5 Å². The number of rotatable bonds is 4. The van der Waals surface area contributed by atoms with Crippen molar-refractivity contribution in [1.82, 2.24) is 10.4 Å². The Morgan fingerprint density at radius 2 is 2.29 bits per heavy atom. The second-order valence-electron chi connectivity index (χ2n) is 4.52. The van der Waals surface area contributed by atoms with Crippen LogP contribution in [0.5, 0.6) is 0 Å². The Balaban J connectivity index is 2.21. The lowest BCUT2D eigenvalue weighted by Crippen LogP contribution is -2.36. The lowest BCUT2D eigenvalue weighted by molar-refractivity contribution is 0.0535. The molecule has 0 amide bonds. The van der Waals surface area contributed by atoms with Crippen molar-refractivity contribution >= 4 is 0 Å². The standard InChI is InChI=1S/C13H21N3O/c1-2-10-9-15-6-3-12(10)13(16-14)11-4-7-17-8-5-11/h3,6,9,11,13,16H,2,4-5,7-8,14H2,1H3. The molecule has 1 aromatic rings. The maximum atomic E-state index is 5.75. The van der Waals surface area contributed by atoms with Crippen LogP contribution in [0.2, 0.25) is 0 Å². The molecule has 0 saturated carbocycles. The summed E-state index contributed by atoms with van der Waals surface area (Å²) in [5.41, 5.74) is 5.55. The van der Waals surface area contributed by atoms with Crippen LogP contribution >= 0.6 is 0 Å². The number of pyridine rings is 1. The molecule has 0 aromatic carbocycles. The first kappa shape index (κ1) is 12.5. The highest BCUT2D eigenvalue weighted by atomic mass is 16.5. The van der Waals surface area contributed by atoms with Crippen molar-refractivity contribution in [1.29, 1.82) is 0 Å². The summed E-state index contributed by atoms with van der Waals surface area (Å²) in [5.74, 6) is 6.30. The van der Waals surface area contributed by atoms with Crippen molar-refractivity contribution in [2.24, 2.45) is 11.8 Å². The lowest BCUT2D eigenvalue weighted by atomic mass is 9.85. The monoisotopic (exact) mass is 235 g/mol. The number of hydrazine groups is 1. The summed E-state index contributed by atoms with van der Waals surface area (Å²) in [4.78, 5) is 4.18. The summed E-state index contributed by atoms with van der Waals surface area (Å²) < 4.78 is 5.41. The summed E-state index contributed by atoms with van der Waals surface area (Å²) in [7, 11) is 0. The second kappa shape index (κ2) is 6.10. The Morgan fingerprint density at radius 3 is 2.94 bits per heavy atom. The third-order valence-electron chi connectivity index (χ3n) is 3.57. The molecule has 1 saturated heterocycles. The Bertz CT molecular complexity index is 350. The molecule has 1 fully saturated rings. The predicted octanol–water partition coefficient (Wildman–Crippen LogP) is 1.57. The van der Waals surface area contributed by atoms with E-state index in [0.29, 0.717) is 5.92 Å². The van der Waals surface area contributed by atoms with Gasteiger partial charge in [0.25, 0.3) is 0 Å². The van der Waals surface area contributed by atoms with Crippen LogP contribution in [0.3, 0.4) is 0 Å². The molecule has 17 heavy (non-hydrogen) atoms. The van der Waals surface area contributed by atoms with E-state index in [0.717, 1.165) is 32.5 Å². The molecule has 4 nitrogen and oxygen atoms in total. The van der Waals surface area contributed by atoms with Gasteiger partial charge in [-0.15, -0.1) is 0 Å². The van der Waals surface area contributed by atoms with Gasteiger partial charge in [0.15, 0.2) is 0 Å². The van der Waals surface area contributed by atoms with Gasteiger partial charge in [-0.2, -0.15) is 0 Å². The fraction of sp³-hybridized carbons (Fsp3) is 0.615. The number of nitrogens with zero attached hydrogens (tertiary/aromatic N) is 1. The lowest BCUT2D eigenvalue weighted by Gasteiger charge is -2.31.